The van der Waals surface area contributed by atoms with Gasteiger partial charge in [-0.2, -0.15) is 4.98 Å². The number of hydrogen-bond donors (Lipinski definition) is 1. The first kappa shape index (κ1) is 11.8. The van der Waals surface area contributed by atoms with Gasteiger partial charge in [0.1, 0.15) is 0 Å². The summed E-state index contributed by atoms with van der Waals surface area (Å²) < 4.78 is 4.96. The van der Waals surface area contributed by atoms with Crippen LogP contribution in [0.25, 0.3) is 0 Å². The van der Waals surface area contributed by atoms with E-state index in [1.165, 1.54) is 0 Å². The molecule has 0 saturated carbocycles. The van der Waals surface area contributed by atoms with Crippen molar-refractivity contribution in [3.63, 3.8) is 0 Å². The van der Waals surface area contributed by atoms with Crippen LogP contribution < -0.4 is 5.32 Å². The predicted molar refractivity (Wildman–Crippen MR) is 62.9 cm³/mol. The minimum atomic E-state index is 0.337. The lowest BCUT2D eigenvalue weighted by molar-refractivity contribution is 0.379. The molecular formula is C10H12ClN5O. The smallest absolute Gasteiger partial charge is 0.245 e. The van der Waals surface area contributed by atoms with E-state index >= 15 is 0 Å². The number of aromatic nitrogens is 4. The Morgan fingerprint density at radius 2 is 1.82 bits per heavy atom. The van der Waals surface area contributed by atoms with Crippen molar-refractivity contribution in [3.05, 3.63) is 28.3 Å². The molecule has 0 aromatic carbocycles. The maximum absolute atomic E-state index is 5.97. The van der Waals surface area contributed by atoms with Crippen LogP contribution in [0.5, 0.6) is 0 Å². The molecule has 0 aliphatic carbocycles. The van der Waals surface area contributed by atoms with Crippen LogP contribution in [0, 0.1) is 20.8 Å². The summed E-state index contributed by atoms with van der Waals surface area (Å²) in [4.78, 5) is 12.5. The monoisotopic (exact) mass is 253 g/mol. The van der Waals surface area contributed by atoms with Crippen LogP contribution in [0.15, 0.2) is 4.52 Å². The van der Waals surface area contributed by atoms with Crippen molar-refractivity contribution in [1.82, 2.24) is 20.1 Å². The van der Waals surface area contributed by atoms with Crippen molar-refractivity contribution in [2.75, 3.05) is 5.32 Å². The predicted octanol–water partition coefficient (Wildman–Crippen LogP) is 2.05. The molecule has 2 rings (SSSR count). The molecule has 0 atom stereocenters. The van der Waals surface area contributed by atoms with Gasteiger partial charge >= 0.3 is 0 Å². The highest BCUT2D eigenvalue weighted by Gasteiger charge is 2.08. The summed E-state index contributed by atoms with van der Waals surface area (Å²) in [7, 11) is 0. The fourth-order valence-corrected chi connectivity index (χ4v) is 1.50. The van der Waals surface area contributed by atoms with Crippen molar-refractivity contribution in [3.8, 4) is 0 Å². The van der Waals surface area contributed by atoms with Crippen LogP contribution >= 0.6 is 11.6 Å². The molecule has 90 valence electrons. The largest absolute Gasteiger partial charge is 0.358 e. The summed E-state index contributed by atoms with van der Waals surface area (Å²) in [5.41, 5.74) is 1.65. The summed E-state index contributed by atoms with van der Waals surface area (Å²) in [5, 5.41) is 7.03. The Bertz CT molecular complexity index is 539. The SMILES string of the molecule is Cc1noc(CNc2nc(C)c(C)nc2Cl)n1. The standard InChI is InChI=1S/C10H12ClN5O/c1-5-6(2)14-10(9(11)13-5)12-4-8-15-7(3)16-17-8/h4H2,1-3H3,(H,12,14). The summed E-state index contributed by atoms with van der Waals surface area (Å²) in [6.07, 6.45) is 0. The Morgan fingerprint density at radius 1 is 1.12 bits per heavy atom. The van der Waals surface area contributed by atoms with Crippen molar-refractivity contribution in [1.29, 1.82) is 0 Å². The van der Waals surface area contributed by atoms with Crippen LogP contribution in [0.4, 0.5) is 5.82 Å². The zero-order chi connectivity index (χ0) is 12.4. The topological polar surface area (TPSA) is 76.7 Å². The van der Waals surface area contributed by atoms with Crippen molar-refractivity contribution in [2.45, 2.75) is 27.3 Å². The van der Waals surface area contributed by atoms with Gasteiger partial charge in [0.25, 0.3) is 0 Å². The van der Waals surface area contributed by atoms with Gasteiger partial charge in [0, 0.05) is 0 Å². The lowest BCUT2D eigenvalue weighted by Crippen LogP contribution is -2.05. The lowest BCUT2D eigenvalue weighted by atomic mass is 10.3. The van der Waals surface area contributed by atoms with Crippen LogP contribution in [0.3, 0.4) is 0 Å². The Balaban J connectivity index is 2.11. The van der Waals surface area contributed by atoms with E-state index < -0.39 is 0 Å². The van der Waals surface area contributed by atoms with Crippen LogP contribution in [-0.4, -0.2) is 20.1 Å². The third-order valence-electron chi connectivity index (χ3n) is 2.24. The first-order valence-corrected chi connectivity index (χ1v) is 5.48. The van der Waals surface area contributed by atoms with Gasteiger partial charge in [0.05, 0.1) is 17.9 Å². The minimum absolute atomic E-state index is 0.337. The number of rotatable bonds is 3. The average molecular weight is 254 g/mol. The number of aryl methyl sites for hydroxylation is 3. The van der Waals surface area contributed by atoms with E-state index in [-0.39, 0.29) is 0 Å². The number of hydrogen-bond acceptors (Lipinski definition) is 6. The van der Waals surface area contributed by atoms with Crippen molar-refractivity contribution >= 4 is 17.4 Å². The van der Waals surface area contributed by atoms with E-state index in [0.717, 1.165) is 11.4 Å². The molecule has 2 aromatic heterocycles. The van der Waals surface area contributed by atoms with Crippen molar-refractivity contribution < 1.29 is 4.52 Å². The molecule has 17 heavy (non-hydrogen) atoms. The third kappa shape index (κ3) is 2.71. The van der Waals surface area contributed by atoms with Crippen molar-refractivity contribution in [2.24, 2.45) is 0 Å². The zero-order valence-corrected chi connectivity index (χ0v) is 10.5. The Morgan fingerprint density at radius 3 is 2.47 bits per heavy atom. The quantitative estimate of drug-likeness (QED) is 0.902. The number of nitrogens with one attached hydrogen (secondary N) is 1. The molecule has 0 aliphatic rings. The molecule has 0 unspecified atom stereocenters. The summed E-state index contributed by atoms with van der Waals surface area (Å²) in [6, 6.07) is 0. The summed E-state index contributed by atoms with van der Waals surface area (Å²) >= 11 is 5.97. The zero-order valence-electron chi connectivity index (χ0n) is 9.78. The van der Waals surface area contributed by atoms with E-state index in [1.807, 2.05) is 13.8 Å². The first-order valence-electron chi connectivity index (χ1n) is 5.10. The minimum Gasteiger partial charge on any atom is -0.358 e. The molecule has 6 nitrogen and oxygen atoms in total. The van der Waals surface area contributed by atoms with Gasteiger partial charge in [-0.25, -0.2) is 9.97 Å². The maximum Gasteiger partial charge on any atom is 0.245 e. The number of nitrogens with zero attached hydrogens (tertiary/aromatic N) is 4. The molecule has 0 bridgehead atoms. The Kier molecular flexibility index (Phi) is 3.23. The van der Waals surface area contributed by atoms with Gasteiger partial charge in [-0.3, -0.25) is 0 Å². The highest BCUT2D eigenvalue weighted by atomic mass is 35.5. The summed E-state index contributed by atoms with van der Waals surface area (Å²) in [5.74, 6) is 1.60. The Labute approximate surface area is 103 Å². The highest BCUT2D eigenvalue weighted by Crippen LogP contribution is 2.18. The van der Waals surface area contributed by atoms with Crippen LogP contribution in [0.2, 0.25) is 5.15 Å². The van der Waals surface area contributed by atoms with Gasteiger partial charge in [-0.15, -0.1) is 0 Å². The van der Waals surface area contributed by atoms with Gasteiger partial charge in [-0.1, -0.05) is 16.8 Å². The van der Waals surface area contributed by atoms with E-state index in [9.17, 15) is 0 Å². The third-order valence-corrected chi connectivity index (χ3v) is 2.50. The second-order valence-corrected chi connectivity index (χ2v) is 3.98. The molecular weight excluding hydrogens is 242 g/mol. The summed E-state index contributed by atoms with van der Waals surface area (Å²) in [6.45, 7) is 5.87. The molecule has 7 heteroatoms. The molecule has 0 fully saturated rings. The van der Waals surface area contributed by atoms with E-state index in [2.05, 4.69) is 25.4 Å². The fraction of sp³-hybridized carbons (Fsp3) is 0.400. The molecule has 0 radical (unpaired) electrons. The maximum atomic E-state index is 5.97. The molecule has 2 heterocycles. The van der Waals surface area contributed by atoms with E-state index in [0.29, 0.717) is 29.2 Å². The van der Waals surface area contributed by atoms with Gasteiger partial charge in [-0.05, 0) is 20.8 Å². The highest BCUT2D eigenvalue weighted by molar-refractivity contribution is 6.31. The second kappa shape index (κ2) is 4.67. The molecule has 0 amide bonds. The van der Waals surface area contributed by atoms with Gasteiger partial charge in [0.15, 0.2) is 16.8 Å². The average Bonchev–Trinajstić information content (AvgIpc) is 2.68. The normalized spacial score (nSPS) is 10.6. The first-order chi connectivity index (χ1) is 8.06. The van der Waals surface area contributed by atoms with Crippen LogP contribution in [0.1, 0.15) is 23.1 Å². The second-order valence-electron chi connectivity index (χ2n) is 3.62. The van der Waals surface area contributed by atoms with E-state index in [4.69, 9.17) is 16.1 Å². The fourth-order valence-electron chi connectivity index (χ4n) is 1.26. The molecule has 0 aliphatic heterocycles. The molecule has 1 N–H and O–H groups in total. The lowest BCUT2D eigenvalue weighted by Gasteiger charge is -2.07. The number of anilines is 1. The van der Waals surface area contributed by atoms with Gasteiger partial charge < -0.3 is 9.84 Å². The molecule has 0 spiro atoms. The van der Waals surface area contributed by atoms with E-state index in [1.54, 1.807) is 6.92 Å². The molecule has 0 saturated heterocycles. The van der Waals surface area contributed by atoms with Gasteiger partial charge in [0.2, 0.25) is 5.89 Å². The van der Waals surface area contributed by atoms with Crippen LogP contribution in [-0.2, 0) is 6.54 Å². The Hall–Kier alpha value is -1.69. The molecule has 2 aromatic rings. The number of halogens is 1.